The van der Waals surface area contributed by atoms with Gasteiger partial charge in [-0.05, 0) is 75.4 Å². The minimum absolute atomic E-state index is 0.00378. The molecule has 58 heavy (non-hydrogen) atoms. The molecule has 1 saturated carbocycles. The summed E-state index contributed by atoms with van der Waals surface area (Å²) in [4.78, 5) is 40.6. The second-order valence-electron chi connectivity index (χ2n) is 15.0. The van der Waals surface area contributed by atoms with Gasteiger partial charge < -0.3 is 49.4 Å². The van der Waals surface area contributed by atoms with E-state index in [4.69, 9.17) is 28.7 Å². The number of nitrogens with zero attached hydrogens (tertiary/aromatic N) is 4. The van der Waals surface area contributed by atoms with Gasteiger partial charge >= 0.3 is 0 Å². The molecule has 1 aliphatic carbocycles. The third-order valence-electron chi connectivity index (χ3n) is 10.7. The van der Waals surface area contributed by atoms with Crippen LogP contribution in [0, 0.1) is 13.8 Å². The lowest BCUT2D eigenvalue weighted by Crippen LogP contribution is -2.44. The number of hydrogen-bond donors (Lipinski definition) is 3. The quantitative estimate of drug-likeness (QED) is 0.0899. The predicted molar refractivity (Wildman–Crippen MR) is 225 cm³/mol. The lowest BCUT2D eigenvalue weighted by Gasteiger charge is -2.32. The fourth-order valence-electron chi connectivity index (χ4n) is 7.32. The zero-order valence-corrected chi connectivity index (χ0v) is 34.6. The summed E-state index contributed by atoms with van der Waals surface area (Å²) in [5.74, 6) is 1.97. The summed E-state index contributed by atoms with van der Waals surface area (Å²) in [6.07, 6.45) is 7.57. The number of benzene rings is 3. The number of likely N-dealkylation sites (N-methyl/N-ethyl adjacent to an activating group) is 1. The van der Waals surface area contributed by atoms with Crippen LogP contribution in [0.1, 0.15) is 65.6 Å². The Labute approximate surface area is 341 Å². The first-order valence-electron chi connectivity index (χ1n) is 20.1. The summed E-state index contributed by atoms with van der Waals surface area (Å²) in [6, 6.07) is 15.1. The Bertz CT molecular complexity index is 2010. The van der Waals surface area contributed by atoms with Crippen LogP contribution in [0.4, 0.5) is 17.3 Å². The number of methoxy groups -OCH3 is 3. The topological polar surface area (TPSA) is 149 Å². The summed E-state index contributed by atoms with van der Waals surface area (Å²) < 4.78 is 29.7. The van der Waals surface area contributed by atoms with Gasteiger partial charge in [0.05, 0.1) is 27.9 Å². The minimum atomic E-state index is -0.443. The summed E-state index contributed by atoms with van der Waals surface area (Å²) >= 11 is 0. The van der Waals surface area contributed by atoms with Gasteiger partial charge in [0, 0.05) is 74.9 Å². The molecule has 1 saturated heterocycles. The summed E-state index contributed by atoms with van der Waals surface area (Å²) in [5, 5.41) is 9.41. The van der Waals surface area contributed by atoms with Gasteiger partial charge in [-0.1, -0.05) is 37.1 Å². The maximum atomic E-state index is 13.9. The first kappa shape index (κ1) is 42.0. The van der Waals surface area contributed by atoms with Crippen LogP contribution in [0.25, 0.3) is 0 Å². The van der Waals surface area contributed by atoms with E-state index in [1.807, 2.05) is 44.2 Å². The average Bonchev–Trinajstić information content (AvgIpc) is 3.74. The van der Waals surface area contributed by atoms with Crippen molar-refractivity contribution in [2.45, 2.75) is 64.8 Å². The van der Waals surface area contributed by atoms with Crippen molar-refractivity contribution in [1.82, 2.24) is 25.1 Å². The van der Waals surface area contributed by atoms with Gasteiger partial charge in [0.2, 0.25) is 23.5 Å². The van der Waals surface area contributed by atoms with E-state index in [1.165, 1.54) is 6.20 Å². The highest BCUT2D eigenvalue weighted by Gasteiger charge is 2.23. The van der Waals surface area contributed by atoms with Gasteiger partial charge in [-0.25, -0.2) is 4.98 Å². The van der Waals surface area contributed by atoms with Crippen molar-refractivity contribution in [1.29, 1.82) is 0 Å². The largest absolute Gasteiger partial charge is 0.493 e. The van der Waals surface area contributed by atoms with E-state index < -0.39 is 5.91 Å². The van der Waals surface area contributed by atoms with E-state index in [0.29, 0.717) is 59.6 Å². The number of carbonyl (C=O) groups is 2. The van der Waals surface area contributed by atoms with Crippen LogP contribution in [0.3, 0.4) is 0 Å². The number of rotatable bonds is 18. The molecule has 3 aromatic carbocycles. The molecule has 310 valence electrons. The predicted octanol–water partition coefficient (Wildman–Crippen LogP) is 6.92. The molecular formula is C44H57N7O7. The highest BCUT2D eigenvalue weighted by atomic mass is 16.5. The van der Waals surface area contributed by atoms with Crippen LogP contribution in [-0.2, 0) is 11.2 Å². The van der Waals surface area contributed by atoms with Crippen LogP contribution < -0.4 is 39.6 Å². The number of para-hydroxylation sites is 1. The second kappa shape index (κ2) is 20.2. The molecule has 2 heterocycles. The molecule has 0 spiro atoms. The van der Waals surface area contributed by atoms with Crippen molar-refractivity contribution in [2.75, 3.05) is 78.3 Å². The van der Waals surface area contributed by atoms with Gasteiger partial charge in [-0.15, -0.1) is 0 Å². The first-order chi connectivity index (χ1) is 28.1. The summed E-state index contributed by atoms with van der Waals surface area (Å²) in [5.41, 5.74) is 4.12. The van der Waals surface area contributed by atoms with Crippen molar-refractivity contribution >= 4 is 29.1 Å². The van der Waals surface area contributed by atoms with Gasteiger partial charge in [0.15, 0.2) is 23.0 Å². The maximum Gasteiger partial charge on any atom is 0.262 e. The van der Waals surface area contributed by atoms with Crippen molar-refractivity contribution < 1.29 is 33.3 Å². The zero-order valence-electron chi connectivity index (χ0n) is 34.6. The Hall–Kier alpha value is -5.60. The Morgan fingerprint density at radius 1 is 0.862 bits per heavy atom. The fraction of sp³-hybridized carbons (Fsp3) is 0.455. The van der Waals surface area contributed by atoms with Gasteiger partial charge in [-0.3, -0.25) is 9.59 Å². The fourth-order valence-corrected chi connectivity index (χ4v) is 7.32. The highest BCUT2D eigenvalue weighted by molar-refractivity contribution is 6.06. The second-order valence-corrected chi connectivity index (χ2v) is 15.0. The van der Waals surface area contributed by atoms with Crippen molar-refractivity contribution in [3.05, 3.63) is 77.0 Å². The smallest absolute Gasteiger partial charge is 0.262 e. The SMILES string of the molecule is COc1cc(CCC(=O)NC2CCCC2)ccc1Oc1nc(Nc2cc(OC)c(OC)c(OCCCN3CCN(C)CC3)c2)ncc1C(=O)Nc1c(C)cccc1C. The zero-order chi connectivity index (χ0) is 41.0. The van der Waals surface area contributed by atoms with Crippen LogP contribution in [-0.4, -0.2) is 105 Å². The van der Waals surface area contributed by atoms with E-state index in [9.17, 15) is 9.59 Å². The van der Waals surface area contributed by atoms with Crippen molar-refractivity contribution in [2.24, 2.45) is 0 Å². The number of amides is 2. The third kappa shape index (κ3) is 11.1. The number of aryl methyl sites for hydroxylation is 3. The number of aromatic nitrogens is 2. The number of anilines is 3. The number of hydrogen-bond acceptors (Lipinski definition) is 12. The molecule has 2 aliphatic rings. The molecule has 2 amide bonds. The van der Waals surface area contributed by atoms with Crippen LogP contribution >= 0.6 is 0 Å². The summed E-state index contributed by atoms with van der Waals surface area (Å²) in [6.45, 7) is 9.51. The first-order valence-corrected chi connectivity index (χ1v) is 20.1. The lowest BCUT2D eigenvalue weighted by atomic mass is 10.1. The Balaban J connectivity index is 1.23. The molecular weight excluding hydrogens is 739 g/mol. The Morgan fingerprint density at radius 2 is 1.59 bits per heavy atom. The molecule has 0 bridgehead atoms. The van der Waals surface area contributed by atoms with Gasteiger partial charge in [-0.2, -0.15) is 4.98 Å². The molecule has 0 atom stereocenters. The van der Waals surface area contributed by atoms with Crippen molar-refractivity contribution in [3.63, 3.8) is 0 Å². The molecule has 14 nitrogen and oxygen atoms in total. The molecule has 3 N–H and O–H groups in total. The van der Waals surface area contributed by atoms with Gasteiger partial charge in [0.25, 0.3) is 5.91 Å². The highest BCUT2D eigenvalue weighted by Crippen LogP contribution is 2.41. The minimum Gasteiger partial charge on any atom is -0.493 e. The lowest BCUT2D eigenvalue weighted by molar-refractivity contribution is -0.121. The maximum absolute atomic E-state index is 13.9. The van der Waals surface area contributed by atoms with E-state index in [0.717, 1.165) is 81.5 Å². The van der Waals surface area contributed by atoms with Gasteiger partial charge in [0.1, 0.15) is 5.56 Å². The number of nitrogens with one attached hydrogen (secondary N) is 3. The molecule has 1 aromatic heterocycles. The van der Waals surface area contributed by atoms with Crippen LogP contribution in [0.5, 0.6) is 34.6 Å². The molecule has 4 aromatic rings. The molecule has 0 radical (unpaired) electrons. The number of carbonyl (C=O) groups excluding carboxylic acids is 2. The monoisotopic (exact) mass is 795 g/mol. The molecule has 14 heteroatoms. The van der Waals surface area contributed by atoms with Crippen LogP contribution in [0.2, 0.25) is 0 Å². The van der Waals surface area contributed by atoms with Crippen LogP contribution in [0.15, 0.2) is 54.7 Å². The number of piperazine rings is 1. The number of ether oxygens (including phenoxy) is 5. The standard InChI is InChI=1S/C44H57N7O7/c1-29-11-9-12-30(2)40(29)48-42(53)34-28-45-44(47-33-26-37(55-5)41(56-6)38(27-33)57-24-10-19-51-22-20-50(3)21-23-51)49-43(34)58-35-17-15-31(25-36(35)54-4)16-18-39(52)46-32-13-7-8-14-32/h9,11-12,15,17,25-28,32H,7-8,10,13-14,16,18-24H2,1-6H3,(H,46,52)(H,48,53)(H,45,47,49). The molecule has 6 rings (SSSR count). The molecule has 1 aliphatic heterocycles. The Morgan fingerprint density at radius 3 is 2.29 bits per heavy atom. The average molecular weight is 796 g/mol. The Kier molecular flexibility index (Phi) is 14.6. The summed E-state index contributed by atoms with van der Waals surface area (Å²) in [7, 11) is 6.83. The van der Waals surface area contributed by atoms with E-state index in [-0.39, 0.29) is 29.3 Å². The normalized spacial score (nSPS) is 14.8. The van der Waals surface area contributed by atoms with E-state index >= 15 is 0 Å². The third-order valence-corrected chi connectivity index (χ3v) is 10.7. The van der Waals surface area contributed by atoms with E-state index in [1.54, 1.807) is 39.5 Å². The van der Waals surface area contributed by atoms with Crippen molar-refractivity contribution in [3.8, 4) is 34.6 Å². The molecule has 2 fully saturated rings. The van der Waals surface area contributed by atoms with E-state index in [2.05, 4.69) is 37.8 Å². The molecule has 0 unspecified atom stereocenters.